The van der Waals surface area contributed by atoms with Gasteiger partial charge in [0.1, 0.15) is 11.5 Å². The third-order valence-corrected chi connectivity index (χ3v) is 6.53. The van der Waals surface area contributed by atoms with E-state index in [4.69, 9.17) is 4.74 Å². The molecule has 0 unspecified atom stereocenters. The Bertz CT molecular complexity index is 977. The zero-order valence-electron chi connectivity index (χ0n) is 15.4. The monoisotopic (exact) mass is 359 g/mol. The van der Waals surface area contributed by atoms with Gasteiger partial charge in [0.25, 0.3) is 0 Å². The molecule has 0 spiro atoms. The van der Waals surface area contributed by atoms with Gasteiger partial charge in [0.05, 0.1) is 17.0 Å². The molecule has 0 radical (unpaired) electrons. The number of anilines is 1. The van der Waals surface area contributed by atoms with Crippen LogP contribution in [0.4, 0.5) is 5.69 Å². The maximum atomic E-state index is 13.2. The maximum Gasteiger partial charge on any atom is 0.241 e. The Hall–Kier alpha value is -2.88. The molecule has 5 rings (SSSR count). The van der Waals surface area contributed by atoms with Crippen molar-refractivity contribution in [2.45, 2.75) is 20.3 Å². The highest BCUT2D eigenvalue weighted by atomic mass is 16.5. The van der Waals surface area contributed by atoms with Crippen molar-refractivity contribution < 1.29 is 14.3 Å². The lowest BCUT2D eigenvalue weighted by Crippen LogP contribution is -2.37. The zero-order valence-corrected chi connectivity index (χ0v) is 15.4. The van der Waals surface area contributed by atoms with E-state index in [0.717, 1.165) is 17.7 Å². The highest BCUT2D eigenvalue weighted by Gasteiger charge is 2.67. The standard InChI is InChI=1S/C23H21NO3/c1-14-5-3-4-6-19(14)27-18-11-9-17(10-12-18)24-21(25)20-15-7-8-16(13-15)23(20,2)22(24)26/h3-12,15-16,20H,13H2,1-2H3/t15-,16-,20+,23+/m1/s1. The summed E-state index contributed by atoms with van der Waals surface area (Å²) in [6, 6.07) is 15.0. The minimum atomic E-state index is -0.590. The highest BCUT2D eigenvalue weighted by molar-refractivity contribution is 6.24. The Morgan fingerprint density at radius 3 is 2.48 bits per heavy atom. The third-order valence-electron chi connectivity index (χ3n) is 6.53. The number of carbonyl (C=O) groups is 2. The number of amides is 2. The van der Waals surface area contributed by atoms with Crippen molar-refractivity contribution in [2.24, 2.45) is 23.2 Å². The minimum Gasteiger partial charge on any atom is -0.457 e. The fourth-order valence-electron chi connectivity index (χ4n) is 5.01. The van der Waals surface area contributed by atoms with Crippen molar-refractivity contribution in [3.63, 3.8) is 0 Å². The van der Waals surface area contributed by atoms with Crippen LogP contribution in [-0.4, -0.2) is 11.8 Å². The average Bonchev–Trinajstić information content (AvgIpc) is 3.30. The summed E-state index contributed by atoms with van der Waals surface area (Å²) < 4.78 is 5.92. The summed E-state index contributed by atoms with van der Waals surface area (Å²) in [4.78, 5) is 27.6. The number of hydrogen-bond acceptors (Lipinski definition) is 3. The molecule has 0 N–H and O–H groups in total. The number of allylic oxidation sites excluding steroid dienone is 2. The van der Waals surface area contributed by atoms with Gasteiger partial charge in [-0.1, -0.05) is 30.4 Å². The summed E-state index contributed by atoms with van der Waals surface area (Å²) in [6.45, 7) is 3.95. The molecule has 4 atom stereocenters. The summed E-state index contributed by atoms with van der Waals surface area (Å²) in [7, 11) is 0. The number of imide groups is 1. The fourth-order valence-corrected chi connectivity index (χ4v) is 5.01. The van der Waals surface area contributed by atoms with Gasteiger partial charge in [0.2, 0.25) is 11.8 Å². The molecule has 4 nitrogen and oxygen atoms in total. The zero-order chi connectivity index (χ0) is 18.8. The Labute approximate surface area is 158 Å². The van der Waals surface area contributed by atoms with Gasteiger partial charge >= 0.3 is 0 Å². The molecule has 3 aliphatic rings. The van der Waals surface area contributed by atoms with Gasteiger partial charge in [-0.2, -0.15) is 0 Å². The van der Waals surface area contributed by atoms with Crippen LogP contribution < -0.4 is 9.64 Å². The largest absolute Gasteiger partial charge is 0.457 e. The molecular formula is C23H21NO3. The first-order valence-corrected chi connectivity index (χ1v) is 9.40. The van der Waals surface area contributed by atoms with Crippen molar-refractivity contribution in [1.29, 1.82) is 0 Å². The lowest BCUT2D eigenvalue weighted by atomic mass is 9.71. The molecule has 27 heavy (non-hydrogen) atoms. The highest BCUT2D eigenvalue weighted by Crippen LogP contribution is 2.60. The molecule has 1 aliphatic heterocycles. The molecule has 4 heteroatoms. The molecule has 1 saturated heterocycles. The summed E-state index contributed by atoms with van der Waals surface area (Å²) in [5, 5.41) is 0. The molecule has 0 aromatic heterocycles. The van der Waals surface area contributed by atoms with E-state index in [1.807, 2.05) is 50.2 Å². The first-order valence-electron chi connectivity index (χ1n) is 9.40. The van der Waals surface area contributed by atoms with Crippen LogP contribution in [0, 0.1) is 30.1 Å². The summed E-state index contributed by atoms with van der Waals surface area (Å²) in [6.07, 6.45) is 5.16. The van der Waals surface area contributed by atoms with E-state index in [0.29, 0.717) is 11.4 Å². The van der Waals surface area contributed by atoms with Crippen molar-refractivity contribution in [3.05, 3.63) is 66.2 Å². The Kier molecular flexibility index (Phi) is 3.36. The van der Waals surface area contributed by atoms with Crippen LogP contribution in [-0.2, 0) is 9.59 Å². The van der Waals surface area contributed by atoms with Crippen molar-refractivity contribution >= 4 is 17.5 Å². The molecule has 2 fully saturated rings. The molecule has 2 bridgehead atoms. The van der Waals surface area contributed by atoms with Gasteiger partial charge in [-0.25, -0.2) is 4.90 Å². The number of hydrogen-bond donors (Lipinski definition) is 0. The van der Waals surface area contributed by atoms with E-state index >= 15 is 0 Å². The van der Waals surface area contributed by atoms with E-state index in [1.165, 1.54) is 4.90 Å². The molecule has 2 aromatic carbocycles. The van der Waals surface area contributed by atoms with Crippen LogP contribution >= 0.6 is 0 Å². The summed E-state index contributed by atoms with van der Waals surface area (Å²) in [5.41, 5.74) is 1.08. The first kappa shape index (κ1) is 16.3. The van der Waals surface area contributed by atoms with Crippen LogP contribution in [0.5, 0.6) is 11.5 Å². The second-order valence-corrected chi connectivity index (χ2v) is 7.99. The van der Waals surface area contributed by atoms with Crippen LogP contribution in [0.15, 0.2) is 60.7 Å². The lowest BCUT2D eigenvalue weighted by molar-refractivity contribution is -0.127. The SMILES string of the molecule is Cc1ccccc1Oc1ccc(N2C(=O)[C@@H]3[C@@H]4C=C[C@H](C4)[C@]3(C)C2=O)cc1. The smallest absolute Gasteiger partial charge is 0.241 e. The number of nitrogens with zero attached hydrogens (tertiary/aromatic N) is 1. The minimum absolute atomic E-state index is 0.0630. The molecule has 2 aliphatic carbocycles. The predicted molar refractivity (Wildman–Crippen MR) is 103 cm³/mol. The van der Waals surface area contributed by atoms with Crippen LogP contribution in [0.3, 0.4) is 0 Å². The van der Waals surface area contributed by atoms with Crippen LogP contribution in [0.1, 0.15) is 18.9 Å². The molecule has 2 aromatic rings. The predicted octanol–water partition coefficient (Wildman–Crippen LogP) is 4.49. The van der Waals surface area contributed by atoms with E-state index in [2.05, 4.69) is 12.2 Å². The van der Waals surface area contributed by atoms with E-state index in [1.54, 1.807) is 12.1 Å². The summed E-state index contributed by atoms with van der Waals surface area (Å²) in [5.74, 6) is 1.50. The quantitative estimate of drug-likeness (QED) is 0.599. The topological polar surface area (TPSA) is 46.6 Å². The van der Waals surface area contributed by atoms with Crippen molar-refractivity contribution in [3.8, 4) is 11.5 Å². The first-order chi connectivity index (χ1) is 13.0. The Balaban J connectivity index is 1.42. The molecule has 1 saturated carbocycles. The van der Waals surface area contributed by atoms with Gasteiger partial charge in [-0.15, -0.1) is 0 Å². The number of aryl methyl sites for hydroxylation is 1. The number of rotatable bonds is 3. The number of ether oxygens (including phenoxy) is 1. The molecule has 1 heterocycles. The van der Waals surface area contributed by atoms with Gasteiger partial charge < -0.3 is 4.74 Å². The van der Waals surface area contributed by atoms with Crippen LogP contribution in [0.2, 0.25) is 0 Å². The van der Waals surface area contributed by atoms with Crippen LogP contribution in [0.25, 0.3) is 0 Å². The second kappa shape index (κ2) is 5.56. The Morgan fingerprint density at radius 1 is 1.04 bits per heavy atom. The maximum absolute atomic E-state index is 13.2. The number of fused-ring (bicyclic) bond motifs is 5. The number of para-hydroxylation sites is 1. The van der Waals surface area contributed by atoms with Gasteiger partial charge in [0.15, 0.2) is 0 Å². The van der Waals surface area contributed by atoms with E-state index in [-0.39, 0.29) is 29.6 Å². The van der Waals surface area contributed by atoms with Crippen molar-refractivity contribution in [1.82, 2.24) is 0 Å². The second-order valence-electron chi connectivity index (χ2n) is 7.99. The van der Waals surface area contributed by atoms with Crippen molar-refractivity contribution in [2.75, 3.05) is 4.90 Å². The fraction of sp³-hybridized carbons (Fsp3) is 0.304. The normalized spacial score (nSPS) is 30.9. The van der Waals surface area contributed by atoms with E-state index < -0.39 is 5.41 Å². The number of carbonyl (C=O) groups excluding carboxylic acids is 2. The summed E-state index contributed by atoms with van der Waals surface area (Å²) >= 11 is 0. The average molecular weight is 359 g/mol. The van der Waals surface area contributed by atoms with Gasteiger partial charge in [-0.05, 0) is 68.0 Å². The molecular weight excluding hydrogens is 338 g/mol. The van der Waals surface area contributed by atoms with Gasteiger partial charge in [0, 0.05) is 0 Å². The molecule has 2 amide bonds. The van der Waals surface area contributed by atoms with Gasteiger partial charge in [-0.3, -0.25) is 9.59 Å². The number of benzene rings is 2. The Morgan fingerprint density at radius 2 is 1.78 bits per heavy atom. The van der Waals surface area contributed by atoms with E-state index in [9.17, 15) is 9.59 Å². The molecule has 136 valence electrons. The lowest BCUT2D eigenvalue weighted by Gasteiger charge is -2.28. The third kappa shape index (κ3) is 2.16.